The average Bonchev–Trinajstić information content (AvgIpc) is 3.23. The zero-order valence-electron chi connectivity index (χ0n) is 15.1. The Balaban J connectivity index is 0.000000369. The van der Waals surface area contributed by atoms with E-state index in [4.69, 9.17) is 5.11 Å². The molecule has 0 unspecified atom stereocenters. The van der Waals surface area contributed by atoms with Crippen LogP contribution in [0.2, 0.25) is 0 Å². The van der Waals surface area contributed by atoms with Crippen LogP contribution in [0.3, 0.4) is 0 Å². The lowest BCUT2D eigenvalue weighted by molar-refractivity contribution is -0.139. The maximum atomic E-state index is 12.3. The molecule has 7 heteroatoms. The highest BCUT2D eigenvalue weighted by Crippen LogP contribution is 2.28. The number of aromatic amines is 1. The van der Waals surface area contributed by atoms with Crippen molar-refractivity contribution in [3.05, 3.63) is 60.4 Å². The number of carbonyl (C=O) groups is 3. The van der Waals surface area contributed by atoms with Gasteiger partial charge in [-0.25, -0.2) is 0 Å². The van der Waals surface area contributed by atoms with Crippen LogP contribution in [-0.4, -0.2) is 40.0 Å². The Morgan fingerprint density at radius 1 is 0.963 bits per heavy atom. The summed E-state index contributed by atoms with van der Waals surface area (Å²) < 4.78 is 0. The van der Waals surface area contributed by atoms with Crippen molar-refractivity contribution in [1.82, 2.24) is 15.6 Å². The average molecular weight is 371 g/mol. The minimum Gasteiger partial charge on any atom is -0.480 e. The van der Waals surface area contributed by atoms with E-state index in [1.807, 2.05) is 36.4 Å². The molecule has 1 aromatic heterocycles. The van der Waals surface area contributed by atoms with Gasteiger partial charge in [0.1, 0.15) is 17.8 Å². The van der Waals surface area contributed by atoms with Gasteiger partial charge in [0.05, 0.1) is 0 Å². The maximum absolute atomic E-state index is 12.3. The molecular formula is C20H25N3O4. The van der Waals surface area contributed by atoms with Crippen LogP contribution in [-0.2, 0) is 9.59 Å². The van der Waals surface area contributed by atoms with Crippen molar-refractivity contribution in [2.45, 2.75) is 37.6 Å². The second kappa shape index (κ2) is 10.2. The van der Waals surface area contributed by atoms with Gasteiger partial charge in [0, 0.05) is 6.20 Å². The molecule has 0 aliphatic heterocycles. The van der Waals surface area contributed by atoms with E-state index in [-0.39, 0.29) is 5.91 Å². The predicted molar refractivity (Wildman–Crippen MR) is 101 cm³/mol. The van der Waals surface area contributed by atoms with Gasteiger partial charge in [-0.1, -0.05) is 55.7 Å². The third-order valence-corrected chi connectivity index (χ3v) is 4.40. The van der Waals surface area contributed by atoms with E-state index in [0.29, 0.717) is 18.5 Å². The molecule has 1 fully saturated rings. The molecule has 1 aromatic carbocycles. The highest BCUT2D eigenvalue weighted by molar-refractivity contribution is 5.98. The summed E-state index contributed by atoms with van der Waals surface area (Å²) in [5.74, 6) is -1.89. The fourth-order valence-electron chi connectivity index (χ4n) is 3.03. The summed E-state index contributed by atoms with van der Waals surface area (Å²) in [5, 5.41) is 13.8. The van der Waals surface area contributed by atoms with Crippen molar-refractivity contribution >= 4 is 17.8 Å². The molecule has 1 aliphatic carbocycles. The van der Waals surface area contributed by atoms with E-state index in [2.05, 4.69) is 15.6 Å². The van der Waals surface area contributed by atoms with Gasteiger partial charge in [-0.2, -0.15) is 0 Å². The van der Waals surface area contributed by atoms with E-state index in [0.717, 1.165) is 19.3 Å². The minimum atomic E-state index is -1.11. The summed E-state index contributed by atoms with van der Waals surface area (Å²) in [6.07, 6.45) is 5.33. The van der Waals surface area contributed by atoms with Crippen LogP contribution in [0.1, 0.15) is 42.6 Å². The van der Waals surface area contributed by atoms with Crippen LogP contribution >= 0.6 is 0 Å². The van der Waals surface area contributed by atoms with Crippen molar-refractivity contribution in [2.24, 2.45) is 0 Å². The number of nitrogens with one attached hydrogen (secondary N) is 3. The molecule has 0 radical (unpaired) electrons. The number of hydrogen-bond donors (Lipinski definition) is 4. The molecule has 0 saturated heterocycles. The molecule has 0 bridgehead atoms. The van der Waals surface area contributed by atoms with Gasteiger partial charge in [-0.15, -0.1) is 0 Å². The first kappa shape index (κ1) is 20.2. The molecule has 1 heterocycles. The number of carboxylic acids is 1. The first-order chi connectivity index (χ1) is 13.0. The number of amides is 2. The van der Waals surface area contributed by atoms with E-state index in [1.165, 1.54) is 0 Å². The number of H-pyrrole nitrogens is 1. The molecule has 1 saturated carbocycles. The van der Waals surface area contributed by atoms with E-state index in [9.17, 15) is 14.4 Å². The lowest BCUT2D eigenvalue weighted by Gasteiger charge is -2.36. The minimum absolute atomic E-state index is 0.354. The zero-order valence-corrected chi connectivity index (χ0v) is 15.1. The van der Waals surface area contributed by atoms with Crippen LogP contribution in [0.25, 0.3) is 0 Å². The van der Waals surface area contributed by atoms with E-state index < -0.39 is 24.0 Å². The van der Waals surface area contributed by atoms with Gasteiger partial charge in [-0.05, 0) is 25.0 Å². The number of benzene rings is 1. The lowest BCUT2D eigenvalue weighted by Crippen LogP contribution is -2.60. The number of aromatic nitrogens is 1. The predicted octanol–water partition coefficient (Wildman–Crippen LogP) is 2.33. The molecule has 0 spiro atoms. The number of hydrogen-bond acceptors (Lipinski definition) is 3. The van der Waals surface area contributed by atoms with Crippen molar-refractivity contribution in [2.75, 3.05) is 6.54 Å². The monoisotopic (exact) mass is 371 g/mol. The number of carbonyl (C=O) groups excluding carboxylic acids is 2. The fourth-order valence-corrected chi connectivity index (χ4v) is 3.03. The Labute approximate surface area is 158 Å². The standard InChI is InChI=1S/C14H19N3O4.C6H6/c18-11(19)9-16-13(21)14(6-2-1-3-7-14)17-12(20)10-5-4-8-15-10;1-2-4-6-5-3-1/h4-5,8,15H,1-3,6-7,9H2,(H,16,21)(H,17,20)(H,18,19);1-6H. The van der Waals surface area contributed by atoms with Crippen molar-refractivity contribution < 1.29 is 19.5 Å². The van der Waals surface area contributed by atoms with Crippen LogP contribution < -0.4 is 10.6 Å². The Kier molecular flexibility index (Phi) is 7.61. The number of rotatable bonds is 5. The van der Waals surface area contributed by atoms with Gasteiger partial charge in [0.2, 0.25) is 5.91 Å². The van der Waals surface area contributed by atoms with Crippen molar-refractivity contribution in [3.8, 4) is 0 Å². The molecule has 0 atom stereocenters. The van der Waals surface area contributed by atoms with Gasteiger partial charge in [0.25, 0.3) is 5.91 Å². The first-order valence-corrected chi connectivity index (χ1v) is 8.99. The molecular weight excluding hydrogens is 346 g/mol. The first-order valence-electron chi connectivity index (χ1n) is 8.99. The summed E-state index contributed by atoms with van der Waals surface area (Å²) >= 11 is 0. The Morgan fingerprint density at radius 3 is 2.04 bits per heavy atom. The topological polar surface area (TPSA) is 111 Å². The fraction of sp³-hybridized carbons (Fsp3) is 0.350. The molecule has 1 aliphatic rings. The molecule has 4 N–H and O–H groups in total. The second-order valence-electron chi connectivity index (χ2n) is 6.41. The number of carboxylic acid groups (broad SMARTS) is 1. The second-order valence-corrected chi connectivity index (χ2v) is 6.41. The quantitative estimate of drug-likeness (QED) is 0.646. The molecule has 27 heavy (non-hydrogen) atoms. The molecule has 7 nitrogen and oxygen atoms in total. The van der Waals surface area contributed by atoms with Gasteiger partial charge >= 0.3 is 5.97 Å². The summed E-state index contributed by atoms with van der Waals surface area (Å²) in [4.78, 5) is 37.9. The number of aliphatic carboxylic acids is 1. The molecule has 2 aromatic rings. The summed E-state index contributed by atoms with van der Waals surface area (Å²) in [6.45, 7) is -0.445. The normalized spacial score (nSPS) is 15.0. The Morgan fingerprint density at radius 2 is 1.56 bits per heavy atom. The van der Waals surface area contributed by atoms with Crippen molar-refractivity contribution in [1.29, 1.82) is 0 Å². The largest absolute Gasteiger partial charge is 0.480 e. The van der Waals surface area contributed by atoms with E-state index in [1.54, 1.807) is 18.3 Å². The maximum Gasteiger partial charge on any atom is 0.322 e. The Hall–Kier alpha value is -3.09. The third kappa shape index (κ3) is 6.29. The van der Waals surface area contributed by atoms with Crippen LogP contribution in [0, 0.1) is 0 Å². The summed E-state index contributed by atoms with van der Waals surface area (Å²) in [6, 6.07) is 15.3. The van der Waals surface area contributed by atoms with Crippen LogP contribution in [0.5, 0.6) is 0 Å². The van der Waals surface area contributed by atoms with Gasteiger partial charge < -0.3 is 20.7 Å². The van der Waals surface area contributed by atoms with Crippen molar-refractivity contribution in [3.63, 3.8) is 0 Å². The lowest BCUT2D eigenvalue weighted by atomic mass is 9.80. The molecule has 3 rings (SSSR count). The van der Waals surface area contributed by atoms with Gasteiger partial charge in [0.15, 0.2) is 0 Å². The van der Waals surface area contributed by atoms with E-state index >= 15 is 0 Å². The Bertz CT molecular complexity index is 696. The molecule has 144 valence electrons. The molecule has 2 amide bonds. The highest BCUT2D eigenvalue weighted by Gasteiger charge is 2.41. The van der Waals surface area contributed by atoms with Crippen LogP contribution in [0.15, 0.2) is 54.7 Å². The summed E-state index contributed by atoms with van der Waals surface area (Å²) in [7, 11) is 0. The van der Waals surface area contributed by atoms with Crippen LogP contribution in [0.4, 0.5) is 0 Å². The highest BCUT2D eigenvalue weighted by atomic mass is 16.4. The van der Waals surface area contributed by atoms with Gasteiger partial charge in [-0.3, -0.25) is 14.4 Å². The SMILES string of the molecule is O=C(O)CNC(=O)C1(NC(=O)c2ccc[nH]2)CCCCC1.c1ccccc1. The zero-order chi connectivity index (χ0) is 19.5. The third-order valence-electron chi connectivity index (χ3n) is 4.40. The smallest absolute Gasteiger partial charge is 0.322 e. The summed E-state index contributed by atoms with van der Waals surface area (Å²) in [5.41, 5.74) is -0.637.